The topological polar surface area (TPSA) is 89.6 Å². The Morgan fingerprint density at radius 1 is 1.13 bits per heavy atom. The summed E-state index contributed by atoms with van der Waals surface area (Å²) in [4.78, 5) is 27.3. The summed E-state index contributed by atoms with van der Waals surface area (Å²) in [6.45, 7) is 4.90. The third-order valence-corrected chi connectivity index (χ3v) is 5.63. The lowest BCUT2D eigenvalue weighted by atomic mass is 10.0. The number of aromatic nitrogens is 2. The van der Waals surface area contributed by atoms with Crippen LogP contribution in [0.4, 0.5) is 5.82 Å². The van der Waals surface area contributed by atoms with E-state index in [4.69, 9.17) is 9.15 Å². The summed E-state index contributed by atoms with van der Waals surface area (Å²) in [7, 11) is 1.59. The molecule has 162 valence electrons. The second-order valence-corrected chi connectivity index (χ2v) is 7.69. The van der Waals surface area contributed by atoms with Crippen LogP contribution < -0.4 is 10.1 Å². The lowest BCUT2D eigenvalue weighted by molar-refractivity contribution is 0.0689. The Bertz CT molecular complexity index is 1080. The molecule has 0 saturated carbocycles. The first-order chi connectivity index (χ1) is 15.0. The molecule has 31 heavy (non-hydrogen) atoms. The van der Waals surface area contributed by atoms with Crippen LogP contribution in [0.3, 0.4) is 0 Å². The first-order valence-electron chi connectivity index (χ1n) is 10.3. The summed E-state index contributed by atoms with van der Waals surface area (Å²) in [5.74, 6) is 2.53. The van der Waals surface area contributed by atoms with Gasteiger partial charge in [-0.05, 0) is 57.0 Å². The first-order valence-corrected chi connectivity index (χ1v) is 10.3. The van der Waals surface area contributed by atoms with Crippen LogP contribution in [0.1, 0.15) is 51.1 Å². The van der Waals surface area contributed by atoms with E-state index in [0.29, 0.717) is 41.5 Å². The predicted octanol–water partition coefficient (Wildman–Crippen LogP) is 3.83. The Morgan fingerprint density at radius 3 is 2.45 bits per heavy atom. The van der Waals surface area contributed by atoms with Gasteiger partial charge in [-0.25, -0.2) is 4.68 Å². The molecule has 1 fully saturated rings. The van der Waals surface area contributed by atoms with Crippen molar-refractivity contribution in [3.63, 3.8) is 0 Å². The Hall–Kier alpha value is -3.55. The number of hydrogen-bond donors (Lipinski definition) is 1. The molecule has 1 saturated heterocycles. The number of nitrogens with zero attached hydrogens (tertiary/aromatic N) is 3. The van der Waals surface area contributed by atoms with Crippen LogP contribution in [0.25, 0.3) is 0 Å². The normalized spacial score (nSPS) is 14.5. The maximum absolute atomic E-state index is 12.8. The van der Waals surface area contributed by atoms with Crippen LogP contribution in [0.15, 0.2) is 47.0 Å². The van der Waals surface area contributed by atoms with E-state index in [9.17, 15) is 9.59 Å². The molecule has 2 aromatic heterocycles. The van der Waals surface area contributed by atoms with Gasteiger partial charge in [0.25, 0.3) is 11.8 Å². The smallest absolute Gasteiger partial charge is 0.257 e. The molecule has 0 bridgehead atoms. The van der Waals surface area contributed by atoms with Crippen molar-refractivity contribution in [1.29, 1.82) is 0 Å². The van der Waals surface area contributed by atoms with E-state index in [-0.39, 0.29) is 17.9 Å². The number of amides is 2. The average Bonchev–Trinajstić information content (AvgIpc) is 3.38. The highest BCUT2D eigenvalue weighted by atomic mass is 16.5. The average molecular weight is 422 g/mol. The minimum Gasteiger partial charge on any atom is -0.497 e. The van der Waals surface area contributed by atoms with Crippen LogP contribution >= 0.6 is 0 Å². The Morgan fingerprint density at radius 2 is 1.84 bits per heavy atom. The van der Waals surface area contributed by atoms with Crippen molar-refractivity contribution >= 4 is 17.6 Å². The Kier molecular flexibility index (Phi) is 5.79. The number of ether oxygens (including phenoxy) is 1. The van der Waals surface area contributed by atoms with Crippen molar-refractivity contribution in [3.05, 3.63) is 65.2 Å². The zero-order valence-electron chi connectivity index (χ0n) is 17.9. The highest BCUT2D eigenvalue weighted by Gasteiger charge is 2.28. The van der Waals surface area contributed by atoms with Crippen LogP contribution in [0.2, 0.25) is 0 Å². The van der Waals surface area contributed by atoms with Crippen LogP contribution in [-0.2, 0) is 0 Å². The SMILES string of the molecule is COc1ccc(C(=O)Nc2ccnn2C2CCN(C(=O)c3cc(C)oc3C)CC2)cc1. The van der Waals surface area contributed by atoms with E-state index in [1.807, 2.05) is 23.4 Å². The molecule has 8 nitrogen and oxygen atoms in total. The van der Waals surface area contributed by atoms with Crippen molar-refractivity contribution in [2.45, 2.75) is 32.7 Å². The van der Waals surface area contributed by atoms with Gasteiger partial charge in [0.1, 0.15) is 23.1 Å². The summed E-state index contributed by atoms with van der Waals surface area (Å²) in [6.07, 6.45) is 3.20. The van der Waals surface area contributed by atoms with E-state index in [0.717, 1.165) is 18.6 Å². The van der Waals surface area contributed by atoms with Gasteiger partial charge in [-0.15, -0.1) is 0 Å². The van der Waals surface area contributed by atoms with Crippen LogP contribution in [-0.4, -0.2) is 46.7 Å². The molecule has 0 unspecified atom stereocenters. The minimum absolute atomic E-state index is 0.00120. The fourth-order valence-electron chi connectivity index (χ4n) is 3.96. The zero-order valence-corrected chi connectivity index (χ0v) is 17.9. The number of anilines is 1. The third-order valence-electron chi connectivity index (χ3n) is 5.63. The molecule has 0 aliphatic carbocycles. The first kappa shape index (κ1) is 20.7. The Balaban J connectivity index is 1.39. The summed E-state index contributed by atoms with van der Waals surface area (Å²) in [6, 6.07) is 10.6. The van der Waals surface area contributed by atoms with E-state index in [1.54, 1.807) is 49.7 Å². The Labute approximate surface area is 180 Å². The van der Waals surface area contributed by atoms with Crippen molar-refractivity contribution in [1.82, 2.24) is 14.7 Å². The van der Waals surface area contributed by atoms with Crippen molar-refractivity contribution < 1.29 is 18.7 Å². The second-order valence-electron chi connectivity index (χ2n) is 7.69. The number of piperidine rings is 1. The van der Waals surface area contributed by atoms with Crippen molar-refractivity contribution in [2.24, 2.45) is 0 Å². The highest BCUT2D eigenvalue weighted by molar-refractivity contribution is 6.03. The lowest BCUT2D eigenvalue weighted by Gasteiger charge is -2.32. The lowest BCUT2D eigenvalue weighted by Crippen LogP contribution is -2.39. The molecule has 1 N–H and O–H groups in total. The molecule has 1 aromatic carbocycles. The fraction of sp³-hybridized carbons (Fsp3) is 0.348. The van der Waals surface area contributed by atoms with Gasteiger partial charge in [0.2, 0.25) is 0 Å². The number of furan rings is 1. The summed E-state index contributed by atoms with van der Waals surface area (Å²) in [5, 5.41) is 7.36. The zero-order chi connectivity index (χ0) is 22.0. The molecule has 1 aliphatic heterocycles. The number of carbonyl (C=O) groups excluding carboxylic acids is 2. The number of likely N-dealkylation sites (tertiary alicyclic amines) is 1. The number of benzene rings is 1. The van der Waals surface area contributed by atoms with Gasteiger partial charge in [-0.2, -0.15) is 5.10 Å². The van der Waals surface area contributed by atoms with Gasteiger partial charge in [0.05, 0.1) is 24.9 Å². The van der Waals surface area contributed by atoms with E-state index < -0.39 is 0 Å². The van der Waals surface area contributed by atoms with Gasteiger partial charge in [-0.1, -0.05) is 0 Å². The highest BCUT2D eigenvalue weighted by Crippen LogP contribution is 2.27. The quantitative estimate of drug-likeness (QED) is 0.675. The molecule has 0 atom stereocenters. The second kappa shape index (κ2) is 8.67. The number of nitrogens with one attached hydrogen (secondary N) is 1. The number of hydrogen-bond acceptors (Lipinski definition) is 5. The maximum atomic E-state index is 12.8. The largest absolute Gasteiger partial charge is 0.497 e. The van der Waals surface area contributed by atoms with Gasteiger partial charge < -0.3 is 19.4 Å². The molecule has 4 rings (SSSR count). The molecule has 8 heteroatoms. The van der Waals surface area contributed by atoms with Crippen molar-refractivity contribution in [2.75, 3.05) is 25.5 Å². The standard InChI is InChI=1S/C23H26N4O4/c1-15-14-20(16(2)31-15)23(29)26-12-9-18(10-13-26)27-21(8-11-24-27)25-22(28)17-4-6-19(30-3)7-5-17/h4-8,11,14,18H,9-10,12-13H2,1-3H3,(H,25,28). The molecule has 1 aliphatic rings. The molecular formula is C23H26N4O4. The minimum atomic E-state index is -0.206. The van der Waals surface area contributed by atoms with E-state index in [1.165, 1.54) is 0 Å². The third kappa shape index (κ3) is 4.33. The van der Waals surface area contributed by atoms with Crippen LogP contribution in [0, 0.1) is 13.8 Å². The number of rotatable bonds is 5. The van der Waals surface area contributed by atoms with E-state index in [2.05, 4.69) is 10.4 Å². The molecule has 2 amide bonds. The maximum Gasteiger partial charge on any atom is 0.257 e. The number of aryl methyl sites for hydroxylation is 2. The van der Waals surface area contributed by atoms with Crippen LogP contribution in [0.5, 0.6) is 5.75 Å². The fourth-order valence-corrected chi connectivity index (χ4v) is 3.96. The predicted molar refractivity (Wildman–Crippen MR) is 116 cm³/mol. The van der Waals surface area contributed by atoms with Gasteiger partial charge in [0.15, 0.2) is 0 Å². The summed E-state index contributed by atoms with van der Waals surface area (Å²) in [5.41, 5.74) is 1.17. The molecular weight excluding hydrogens is 396 g/mol. The van der Waals surface area contributed by atoms with Gasteiger partial charge in [0, 0.05) is 24.7 Å². The van der Waals surface area contributed by atoms with Gasteiger partial charge in [-0.3, -0.25) is 9.59 Å². The molecule has 0 spiro atoms. The monoisotopic (exact) mass is 422 g/mol. The number of carbonyl (C=O) groups is 2. The summed E-state index contributed by atoms with van der Waals surface area (Å²) >= 11 is 0. The van der Waals surface area contributed by atoms with Crippen molar-refractivity contribution in [3.8, 4) is 5.75 Å². The molecule has 3 aromatic rings. The molecule has 0 radical (unpaired) electrons. The summed E-state index contributed by atoms with van der Waals surface area (Å²) < 4.78 is 12.5. The van der Waals surface area contributed by atoms with E-state index >= 15 is 0 Å². The number of methoxy groups -OCH3 is 1. The van der Waals surface area contributed by atoms with Gasteiger partial charge >= 0.3 is 0 Å². The molecule has 3 heterocycles.